The minimum absolute atomic E-state index is 0.593. The predicted molar refractivity (Wildman–Crippen MR) is 85.0 cm³/mol. The first-order valence-electron chi connectivity index (χ1n) is 8.50. The van der Waals surface area contributed by atoms with Crippen molar-refractivity contribution in [1.29, 1.82) is 0 Å². The van der Waals surface area contributed by atoms with Gasteiger partial charge in [-0.2, -0.15) is 0 Å². The Hall–Kier alpha value is 0. The largest absolute Gasteiger partial charge is 0.0654 e. The van der Waals surface area contributed by atoms with Crippen LogP contribution >= 0.6 is 0 Å². The molecule has 0 N–H and O–H groups in total. The molecule has 18 heavy (non-hydrogen) atoms. The molecule has 0 amide bonds. The van der Waals surface area contributed by atoms with Gasteiger partial charge in [-0.3, -0.25) is 0 Å². The van der Waals surface area contributed by atoms with Crippen molar-refractivity contribution in [3.63, 3.8) is 0 Å². The predicted octanol–water partition coefficient (Wildman–Crippen LogP) is 6.84. The number of rotatable bonds is 11. The van der Waals surface area contributed by atoms with Crippen molar-refractivity contribution >= 4 is 0 Å². The third-order valence-electron chi connectivity index (χ3n) is 4.49. The highest BCUT2D eigenvalue weighted by molar-refractivity contribution is 4.83. The maximum Gasteiger partial charge on any atom is -0.0295 e. The van der Waals surface area contributed by atoms with Gasteiger partial charge in [0.1, 0.15) is 0 Å². The van der Waals surface area contributed by atoms with Crippen LogP contribution in [0.2, 0.25) is 0 Å². The Bertz CT molecular complexity index is 176. The van der Waals surface area contributed by atoms with Gasteiger partial charge in [-0.15, -0.1) is 0 Å². The minimum Gasteiger partial charge on any atom is -0.0654 e. The third-order valence-corrected chi connectivity index (χ3v) is 4.49. The molecule has 0 heterocycles. The summed E-state index contributed by atoms with van der Waals surface area (Å²) >= 11 is 0. The maximum atomic E-state index is 2.58. The first kappa shape index (κ1) is 18.0. The first-order chi connectivity index (χ1) is 8.50. The van der Waals surface area contributed by atoms with Crippen molar-refractivity contribution in [3.8, 4) is 0 Å². The van der Waals surface area contributed by atoms with Gasteiger partial charge in [-0.1, -0.05) is 86.5 Å². The average molecular weight is 255 g/mol. The molecule has 0 aliphatic carbocycles. The Morgan fingerprint density at radius 1 is 0.833 bits per heavy atom. The van der Waals surface area contributed by atoms with Gasteiger partial charge < -0.3 is 0 Å². The summed E-state index contributed by atoms with van der Waals surface area (Å²) in [7, 11) is 0. The van der Waals surface area contributed by atoms with Crippen LogP contribution in [0.1, 0.15) is 99.3 Å². The summed E-state index contributed by atoms with van der Waals surface area (Å²) in [5, 5.41) is 0. The van der Waals surface area contributed by atoms with Gasteiger partial charge >= 0.3 is 0 Å². The molecule has 0 spiro atoms. The lowest BCUT2D eigenvalue weighted by Crippen LogP contribution is -2.29. The van der Waals surface area contributed by atoms with Crippen LogP contribution in [-0.4, -0.2) is 0 Å². The zero-order valence-corrected chi connectivity index (χ0v) is 14.0. The van der Waals surface area contributed by atoms with Crippen LogP contribution in [0.4, 0.5) is 0 Å². The molecule has 0 aliphatic rings. The van der Waals surface area contributed by atoms with Crippen molar-refractivity contribution in [2.24, 2.45) is 17.3 Å². The molecule has 0 heteroatoms. The molecule has 0 aliphatic heterocycles. The van der Waals surface area contributed by atoms with E-state index in [1.54, 1.807) is 0 Å². The standard InChI is InChI=1S/C18H38/c1-7-10-11-14-18(6,15-16(4)5)17(12-8-2)13-9-3/h16-17H,7-15H2,1-6H3. The lowest BCUT2D eigenvalue weighted by molar-refractivity contribution is 0.109. The summed E-state index contributed by atoms with van der Waals surface area (Å²) < 4.78 is 0. The second-order valence-electron chi connectivity index (χ2n) is 6.98. The zero-order chi connectivity index (χ0) is 14.0. The van der Waals surface area contributed by atoms with E-state index >= 15 is 0 Å². The second-order valence-corrected chi connectivity index (χ2v) is 6.98. The van der Waals surface area contributed by atoms with Crippen LogP contribution in [0.25, 0.3) is 0 Å². The van der Waals surface area contributed by atoms with E-state index in [0.29, 0.717) is 5.41 Å². The van der Waals surface area contributed by atoms with Crippen LogP contribution in [0, 0.1) is 17.3 Å². The normalized spacial score (nSPS) is 15.3. The van der Waals surface area contributed by atoms with E-state index in [2.05, 4.69) is 41.5 Å². The molecular weight excluding hydrogens is 216 g/mol. The monoisotopic (exact) mass is 254 g/mol. The van der Waals surface area contributed by atoms with Gasteiger partial charge in [0, 0.05) is 0 Å². The number of unbranched alkanes of at least 4 members (excludes halogenated alkanes) is 2. The molecule has 1 unspecified atom stereocenters. The molecule has 0 radical (unpaired) electrons. The Morgan fingerprint density at radius 3 is 1.78 bits per heavy atom. The Morgan fingerprint density at radius 2 is 1.39 bits per heavy atom. The van der Waals surface area contributed by atoms with E-state index in [0.717, 1.165) is 11.8 Å². The molecule has 0 fully saturated rings. The summed E-state index contributed by atoms with van der Waals surface area (Å²) in [6.07, 6.45) is 12.6. The lowest BCUT2D eigenvalue weighted by atomic mass is 9.66. The van der Waals surface area contributed by atoms with Crippen LogP contribution in [0.15, 0.2) is 0 Å². The minimum atomic E-state index is 0.593. The maximum absolute atomic E-state index is 2.58. The highest BCUT2D eigenvalue weighted by atomic mass is 14.4. The Labute approximate surface area is 117 Å². The van der Waals surface area contributed by atoms with Crippen LogP contribution < -0.4 is 0 Å². The molecule has 110 valence electrons. The van der Waals surface area contributed by atoms with Crippen molar-refractivity contribution in [2.45, 2.75) is 99.3 Å². The van der Waals surface area contributed by atoms with Gasteiger partial charge in [0.05, 0.1) is 0 Å². The van der Waals surface area contributed by atoms with Crippen molar-refractivity contribution in [1.82, 2.24) is 0 Å². The lowest BCUT2D eigenvalue weighted by Gasteiger charge is -2.40. The van der Waals surface area contributed by atoms with E-state index in [9.17, 15) is 0 Å². The Kier molecular flexibility index (Phi) is 9.87. The summed E-state index contributed by atoms with van der Waals surface area (Å²) in [5.74, 6) is 1.79. The fourth-order valence-electron chi connectivity index (χ4n) is 3.72. The topological polar surface area (TPSA) is 0 Å². The molecule has 0 aromatic carbocycles. The summed E-state index contributed by atoms with van der Waals surface area (Å²) in [4.78, 5) is 0. The smallest absolute Gasteiger partial charge is 0.0295 e. The van der Waals surface area contributed by atoms with Gasteiger partial charge in [0.25, 0.3) is 0 Å². The zero-order valence-electron chi connectivity index (χ0n) is 14.0. The first-order valence-corrected chi connectivity index (χ1v) is 8.50. The molecule has 0 nitrogen and oxygen atoms in total. The fourth-order valence-corrected chi connectivity index (χ4v) is 3.72. The quantitative estimate of drug-likeness (QED) is 0.354. The van der Waals surface area contributed by atoms with E-state index in [4.69, 9.17) is 0 Å². The highest BCUT2D eigenvalue weighted by Crippen LogP contribution is 2.43. The molecule has 0 saturated heterocycles. The van der Waals surface area contributed by atoms with E-state index < -0.39 is 0 Å². The molecule has 0 aromatic heterocycles. The second kappa shape index (κ2) is 9.87. The molecule has 1 atom stereocenters. The average Bonchev–Trinajstić information content (AvgIpc) is 2.28. The molecule has 0 saturated carbocycles. The molecular formula is C18H38. The SMILES string of the molecule is CCCCCC(C)(CC(C)C)C(CCC)CCC. The fraction of sp³-hybridized carbons (Fsp3) is 1.00. The van der Waals surface area contributed by atoms with E-state index in [1.807, 2.05) is 0 Å². The Balaban J connectivity index is 4.65. The van der Waals surface area contributed by atoms with Crippen LogP contribution in [0.5, 0.6) is 0 Å². The van der Waals surface area contributed by atoms with Gasteiger partial charge in [-0.25, -0.2) is 0 Å². The van der Waals surface area contributed by atoms with Gasteiger partial charge in [-0.05, 0) is 30.1 Å². The summed E-state index contributed by atoms with van der Waals surface area (Å²) in [6.45, 7) is 14.4. The highest BCUT2D eigenvalue weighted by Gasteiger charge is 2.32. The summed E-state index contributed by atoms with van der Waals surface area (Å²) in [5.41, 5.74) is 0.593. The van der Waals surface area contributed by atoms with Crippen molar-refractivity contribution < 1.29 is 0 Å². The van der Waals surface area contributed by atoms with Crippen LogP contribution in [0.3, 0.4) is 0 Å². The number of hydrogen-bond acceptors (Lipinski definition) is 0. The van der Waals surface area contributed by atoms with E-state index in [1.165, 1.54) is 57.8 Å². The van der Waals surface area contributed by atoms with Crippen molar-refractivity contribution in [2.75, 3.05) is 0 Å². The van der Waals surface area contributed by atoms with Gasteiger partial charge in [0.2, 0.25) is 0 Å². The summed E-state index contributed by atoms with van der Waals surface area (Å²) in [6, 6.07) is 0. The van der Waals surface area contributed by atoms with E-state index in [-0.39, 0.29) is 0 Å². The van der Waals surface area contributed by atoms with Gasteiger partial charge in [0.15, 0.2) is 0 Å². The third kappa shape index (κ3) is 6.81. The molecule has 0 aromatic rings. The van der Waals surface area contributed by atoms with Crippen LogP contribution in [-0.2, 0) is 0 Å². The number of hydrogen-bond donors (Lipinski definition) is 0. The molecule has 0 bridgehead atoms. The van der Waals surface area contributed by atoms with Crippen molar-refractivity contribution in [3.05, 3.63) is 0 Å². The molecule has 0 rings (SSSR count).